The topological polar surface area (TPSA) is 72.5 Å². The lowest BCUT2D eigenvalue weighted by Crippen LogP contribution is -2.05. The Morgan fingerprint density at radius 3 is 2.80 bits per heavy atom. The molecule has 0 saturated heterocycles. The number of hydrogen-bond donors (Lipinski definition) is 2. The van der Waals surface area contributed by atoms with Gasteiger partial charge in [-0.2, -0.15) is 0 Å². The molecular formula is C10H10BrNO3. The number of hydrogen-bond acceptors (Lipinski definition) is 3. The molecule has 80 valence electrons. The van der Waals surface area contributed by atoms with Gasteiger partial charge in [0, 0.05) is 16.1 Å². The summed E-state index contributed by atoms with van der Waals surface area (Å²) in [6.07, 6.45) is 2.59. The summed E-state index contributed by atoms with van der Waals surface area (Å²) < 4.78 is 5.58. The Morgan fingerprint density at radius 2 is 2.27 bits per heavy atom. The Bertz CT molecular complexity index is 415. The Hall–Kier alpha value is -1.49. The maximum atomic E-state index is 10.6. The van der Waals surface area contributed by atoms with Gasteiger partial charge in [-0.15, -0.1) is 0 Å². The molecule has 0 spiro atoms. The first-order valence-electron chi connectivity index (χ1n) is 4.09. The van der Waals surface area contributed by atoms with Gasteiger partial charge < -0.3 is 15.6 Å². The second-order valence-corrected chi connectivity index (χ2v) is 3.60. The minimum Gasteiger partial charge on any atom is -0.504 e. The second-order valence-electron chi connectivity index (χ2n) is 2.75. The molecule has 15 heavy (non-hydrogen) atoms. The molecule has 1 aromatic rings. The van der Waals surface area contributed by atoms with Gasteiger partial charge in [0.2, 0.25) is 5.91 Å². The molecule has 0 bridgehead atoms. The van der Waals surface area contributed by atoms with Crippen LogP contribution in [0.5, 0.6) is 11.5 Å². The second kappa shape index (κ2) is 4.84. The number of carbonyl (C=O) groups excluding carboxylic acids is 1. The number of benzene rings is 1. The van der Waals surface area contributed by atoms with E-state index in [0.717, 1.165) is 0 Å². The third-order valence-electron chi connectivity index (χ3n) is 1.76. The largest absolute Gasteiger partial charge is 0.504 e. The highest BCUT2D eigenvalue weighted by molar-refractivity contribution is 9.10. The van der Waals surface area contributed by atoms with Crippen LogP contribution in [0, 0.1) is 0 Å². The summed E-state index contributed by atoms with van der Waals surface area (Å²) in [4.78, 5) is 10.6. The number of carbonyl (C=O) groups is 1. The molecule has 0 aromatic heterocycles. The highest BCUT2D eigenvalue weighted by Gasteiger charge is 2.09. The molecule has 3 N–H and O–H groups in total. The SMILES string of the molecule is COc1ccc(Br)c(/C=C\C(N)=O)c1O. The van der Waals surface area contributed by atoms with Crippen LogP contribution in [0.2, 0.25) is 0 Å². The molecule has 4 nitrogen and oxygen atoms in total. The number of aromatic hydroxyl groups is 1. The van der Waals surface area contributed by atoms with Gasteiger partial charge in [-0.05, 0) is 18.2 Å². The van der Waals surface area contributed by atoms with Crippen molar-refractivity contribution in [2.75, 3.05) is 7.11 Å². The third-order valence-corrected chi connectivity index (χ3v) is 2.45. The van der Waals surface area contributed by atoms with Crippen LogP contribution in [0.1, 0.15) is 5.56 Å². The molecular weight excluding hydrogens is 262 g/mol. The maximum absolute atomic E-state index is 10.6. The zero-order valence-electron chi connectivity index (χ0n) is 8.03. The van der Waals surface area contributed by atoms with Crippen LogP contribution in [0.25, 0.3) is 6.08 Å². The van der Waals surface area contributed by atoms with Crippen molar-refractivity contribution in [1.29, 1.82) is 0 Å². The summed E-state index contributed by atoms with van der Waals surface area (Å²) in [6, 6.07) is 3.32. The van der Waals surface area contributed by atoms with E-state index in [-0.39, 0.29) is 5.75 Å². The summed E-state index contributed by atoms with van der Waals surface area (Å²) in [5.74, 6) is -0.282. The number of rotatable bonds is 3. The quantitative estimate of drug-likeness (QED) is 0.822. The first-order valence-corrected chi connectivity index (χ1v) is 4.88. The molecule has 0 unspecified atom stereocenters. The van der Waals surface area contributed by atoms with Crippen molar-refractivity contribution in [3.63, 3.8) is 0 Å². The van der Waals surface area contributed by atoms with E-state index < -0.39 is 5.91 Å². The van der Waals surface area contributed by atoms with Crippen molar-refractivity contribution < 1.29 is 14.6 Å². The van der Waals surface area contributed by atoms with Crippen molar-refractivity contribution in [1.82, 2.24) is 0 Å². The van der Waals surface area contributed by atoms with Gasteiger partial charge in [0.1, 0.15) is 0 Å². The molecule has 0 aliphatic heterocycles. The summed E-state index contributed by atoms with van der Waals surface area (Å²) >= 11 is 3.24. The summed E-state index contributed by atoms with van der Waals surface area (Å²) in [7, 11) is 1.45. The standard InChI is InChI=1S/C10H10BrNO3/c1-15-8-4-3-7(11)6(10(8)14)2-5-9(12)13/h2-5,14H,1H3,(H2,12,13)/b5-2-. The number of ether oxygens (including phenoxy) is 1. The van der Waals surface area contributed by atoms with Crippen molar-refractivity contribution in [3.8, 4) is 11.5 Å². The van der Waals surface area contributed by atoms with E-state index in [9.17, 15) is 9.90 Å². The fourth-order valence-corrected chi connectivity index (χ4v) is 1.50. The van der Waals surface area contributed by atoms with Crippen LogP contribution in [0.4, 0.5) is 0 Å². The van der Waals surface area contributed by atoms with Gasteiger partial charge in [0.25, 0.3) is 0 Å². The van der Waals surface area contributed by atoms with Gasteiger partial charge in [-0.3, -0.25) is 4.79 Å². The monoisotopic (exact) mass is 271 g/mol. The van der Waals surface area contributed by atoms with E-state index in [2.05, 4.69) is 15.9 Å². The van der Waals surface area contributed by atoms with E-state index in [1.807, 2.05) is 0 Å². The first-order chi connectivity index (χ1) is 7.06. The minimum absolute atomic E-state index is 0.0376. The molecule has 0 heterocycles. The molecule has 0 aliphatic carbocycles. The molecule has 0 aliphatic rings. The Morgan fingerprint density at radius 1 is 1.60 bits per heavy atom. The van der Waals surface area contributed by atoms with E-state index in [1.165, 1.54) is 19.3 Å². The van der Waals surface area contributed by atoms with Crippen molar-refractivity contribution in [2.24, 2.45) is 5.73 Å². The van der Waals surface area contributed by atoms with E-state index in [4.69, 9.17) is 10.5 Å². The molecule has 1 amide bonds. The highest BCUT2D eigenvalue weighted by atomic mass is 79.9. The summed E-state index contributed by atoms with van der Waals surface area (Å²) in [5.41, 5.74) is 5.41. The predicted molar refractivity (Wildman–Crippen MR) is 60.6 cm³/mol. The number of nitrogens with two attached hydrogens (primary N) is 1. The van der Waals surface area contributed by atoms with Crippen LogP contribution in [0.15, 0.2) is 22.7 Å². The Kier molecular flexibility index (Phi) is 3.74. The number of primary amides is 1. The zero-order valence-corrected chi connectivity index (χ0v) is 9.61. The lowest BCUT2D eigenvalue weighted by atomic mass is 10.1. The molecule has 0 radical (unpaired) electrons. The van der Waals surface area contributed by atoms with Crippen molar-refractivity contribution >= 4 is 27.9 Å². The average Bonchev–Trinajstić information content (AvgIpc) is 2.17. The number of halogens is 1. The van der Waals surface area contributed by atoms with Crippen LogP contribution in [-0.4, -0.2) is 18.1 Å². The summed E-state index contributed by atoms with van der Waals surface area (Å²) in [5, 5.41) is 9.72. The fourth-order valence-electron chi connectivity index (χ4n) is 1.05. The zero-order chi connectivity index (χ0) is 11.4. The number of phenolic OH excluding ortho intramolecular Hbond substituents is 1. The summed E-state index contributed by atoms with van der Waals surface area (Å²) in [6.45, 7) is 0. The van der Waals surface area contributed by atoms with Gasteiger partial charge in [-0.25, -0.2) is 0 Å². The number of methoxy groups -OCH3 is 1. The van der Waals surface area contributed by atoms with Crippen molar-refractivity contribution in [2.45, 2.75) is 0 Å². The lowest BCUT2D eigenvalue weighted by molar-refractivity contribution is -0.113. The Balaban J connectivity index is 3.21. The van der Waals surface area contributed by atoms with E-state index >= 15 is 0 Å². The molecule has 0 fully saturated rings. The minimum atomic E-state index is -0.580. The Labute approximate surface area is 95.5 Å². The predicted octanol–water partition coefficient (Wildman–Crippen LogP) is 1.66. The average molecular weight is 272 g/mol. The van der Waals surface area contributed by atoms with Gasteiger partial charge in [0.15, 0.2) is 11.5 Å². The molecule has 1 aromatic carbocycles. The van der Waals surface area contributed by atoms with Crippen molar-refractivity contribution in [3.05, 3.63) is 28.2 Å². The van der Waals surface area contributed by atoms with Crippen LogP contribution < -0.4 is 10.5 Å². The molecule has 1 rings (SSSR count). The maximum Gasteiger partial charge on any atom is 0.241 e. The number of amides is 1. The van der Waals surface area contributed by atoms with Gasteiger partial charge in [0.05, 0.1) is 7.11 Å². The van der Waals surface area contributed by atoms with Crippen LogP contribution >= 0.6 is 15.9 Å². The fraction of sp³-hybridized carbons (Fsp3) is 0.100. The lowest BCUT2D eigenvalue weighted by Gasteiger charge is -2.07. The smallest absolute Gasteiger partial charge is 0.241 e. The number of phenols is 1. The van der Waals surface area contributed by atoms with E-state index in [1.54, 1.807) is 12.1 Å². The van der Waals surface area contributed by atoms with Crippen LogP contribution in [0.3, 0.4) is 0 Å². The molecule has 5 heteroatoms. The normalized spacial score (nSPS) is 10.5. The first kappa shape index (κ1) is 11.6. The van der Waals surface area contributed by atoms with Gasteiger partial charge >= 0.3 is 0 Å². The third kappa shape index (κ3) is 2.73. The van der Waals surface area contributed by atoms with Gasteiger partial charge in [-0.1, -0.05) is 15.9 Å². The molecule has 0 atom stereocenters. The van der Waals surface area contributed by atoms with Crippen LogP contribution in [-0.2, 0) is 4.79 Å². The van der Waals surface area contributed by atoms with E-state index in [0.29, 0.717) is 15.8 Å². The molecule has 0 saturated carbocycles. The highest BCUT2D eigenvalue weighted by Crippen LogP contribution is 2.35.